The molecule has 1 aliphatic rings. The Labute approximate surface area is 220 Å². The summed E-state index contributed by atoms with van der Waals surface area (Å²) in [6.07, 6.45) is 0.309. The number of phenols is 1. The summed E-state index contributed by atoms with van der Waals surface area (Å²) in [5.41, 5.74) is -7.25. The number of aliphatic carboxylic acids is 1. The monoisotopic (exact) mass is 554 g/mol. The third kappa shape index (κ3) is 5.23. The van der Waals surface area contributed by atoms with Crippen LogP contribution in [-0.4, -0.2) is 77.5 Å². The highest BCUT2D eigenvalue weighted by atomic mass is 16.7. The van der Waals surface area contributed by atoms with Crippen LogP contribution in [0, 0.1) is 0 Å². The molecule has 0 radical (unpaired) electrons. The first-order chi connectivity index (χ1) is 18.6. The average Bonchev–Trinajstić information content (AvgIpc) is 2.84. The van der Waals surface area contributed by atoms with E-state index in [1.54, 1.807) is 0 Å². The Morgan fingerprint density at radius 1 is 0.650 bits per heavy atom. The zero-order chi connectivity index (χ0) is 30.0. The molecular formula is C25H14O15. The molecule has 0 unspecified atom stereocenters. The quantitative estimate of drug-likeness (QED) is 0.140. The molecule has 2 aromatic carbocycles. The highest BCUT2D eigenvalue weighted by Crippen LogP contribution is 2.40. The molecule has 2 aromatic rings. The van der Waals surface area contributed by atoms with Gasteiger partial charge in [-0.25, -0.2) is 28.8 Å². The van der Waals surface area contributed by atoms with Gasteiger partial charge in [0.1, 0.15) is 28.0 Å². The maximum absolute atomic E-state index is 12.4. The van der Waals surface area contributed by atoms with Gasteiger partial charge in [-0.3, -0.25) is 4.79 Å². The number of allylic oxidation sites excluding steroid dienone is 4. The van der Waals surface area contributed by atoms with E-state index in [1.807, 2.05) is 0 Å². The Kier molecular flexibility index (Phi) is 7.52. The van der Waals surface area contributed by atoms with Crippen LogP contribution < -0.4 is 4.74 Å². The van der Waals surface area contributed by atoms with Crippen molar-refractivity contribution in [2.75, 3.05) is 0 Å². The van der Waals surface area contributed by atoms with Crippen LogP contribution in [0.5, 0.6) is 11.5 Å². The molecule has 0 aliphatic heterocycles. The van der Waals surface area contributed by atoms with E-state index in [0.717, 1.165) is 36.4 Å². The van der Waals surface area contributed by atoms with E-state index in [9.17, 15) is 64.2 Å². The van der Waals surface area contributed by atoms with Crippen molar-refractivity contribution < 1.29 is 74.0 Å². The Morgan fingerprint density at radius 3 is 1.75 bits per heavy atom. The molecule has 0 aromatic heterocycles. The van der Waals surface area contributed by atoms with Crippen LogP contribution in [0.2, 0.25) is 0 Å². The molecular weight excluding hydrogens is 540 g/mol. The minimum Gasteiger partial charge on any atom is -0.507 e. The topological polar surface area (TPSA) is 270 Å². The van der Waals surface area contributed by atoms with Crippen molar-refractivity contribution in [3.8, 4) is 11.5 Å². The Balaban J connectivity index is 2.67. The molecule has 0 fully saturated rings. The molecule has 15 nitrogen and oxygen atoms in total. The molecule has 3 rings (SSSR count). The van der Waals surface area contributed by atoms with Crippen molar-refractivity contribution >= 4 is 47.4 Å². The minimum absolute atomic E-state index is 0.299. The standard InChI is InChI=1S/C25H14O15/c26-14-3-1-8(5-10(14)20(28)29)16(9-2-4-15(27)11(6-9)21(30)31)12-7-13(22(32)33)19(40-25(38)39)18(24(36)37)17(12)23(34)35/h1-7,26H,(H,28,29)(H,30,31)(H,32,33)(H,34,35)(H,36,37)(H,38,39). The van der Waals surface area contributed by atoms with Crippen LogP contribution in [0.3, 0.4) is 0 Å². The number of ether oxygens (including phenoxy) is 1. The minimum atomic E-state index is -2.18. The second-order valence-corrected chi connectivity index (χ2v) is 7.76. The number of carboxylic acids is 5. The van der Waals surface area contributed by atoms with Gasteiger partial charge >= 0.3 is 36.0 Å². The average molecular weight is 554 g/mol. The maximum Gasteiger partial charge on any atom is 0.511 e. The first-order valence-corrected chi connectivity index (χ1v) is 10.5. The summed E-state index contributed by atoms with van der Waals surface area (Å²) in [5.74, 6) is -12.6. The van der Waals surface area contributed by atoms with Crippen LogP contribution in [0.25, 0.3) is 5.57 Å². The van der Waals surface area contributed by atoms with Crippen molar-refractivity contribution in [1.29, 1.82) is 0 Å². The van der Waals surface area contributed by atoms with Gasteiger partial charge in [-0.2, -0.15) is 0 Å². The van der Waals surface area contributed by atoms with Crippen LogP contribution in [-0.2, 0) is 9.59 Å². The number of aromatic hydroxyl groups is 1. The molecule has 1 aliphatic carbocycles. The number of aromatic carboxylic acids is 4. The second kappa shape index (κ2) is 10.6. The highest BCUT2D eigenvalue weighted by Gasteiger charge is 2.34. The molecule has 204 valence electrons. The molecule has 0 amide bonds. The number of hydrogen-bond donors (Lipinski definition) is 7. The van der Waals surface area contributed by atoms with Gasteiger partial charge in [0.2, 0.25) is 0 Å². The SMILES string of the molecule is O=C(O)Oc1c(C(=O)O)cc(C(=C2C=CC(=O)C(C(=O)O)=C2)c2ccc(O)c(C(=O)O)c2)c(C(=O)O)c1C(=O)O. The Morgan fingerprint density at radius 2 is 1.25 bits per heavy atom. The first kappa shape index (κ1) is 28.3. The third-order valence-electron chi connectivity index (χ3n) is 5.41. The van der Waals surface area contributed by atoms with Gasteiger partial charge in [0.15, 0.2) is 11.5 Å². The molecule has 7 N–H and O–H groups in total. The van der Waals surface area contributed by atoms with Crippen molar-refractivity contribution in [2.24, 2.45) is 0 Å². The van der Waals surface area contributed by atoms with E-state index in [2.05, 4.69) is 4.74 Å². The molecule has 0 saturated carbocycles. The van der Waals surface area contributed by atoms with Crippen molar-refractivity contribution in [3.63, 3.8) is 0 Å². The molecule has 0 heterocycles. The fourth-order valence-corrected chi connectivity index (χ4v) is 3.83. The number of ketones is 1. The zero-order valence-electron chi connectivity index (χ0n) is 19.4. The highest BCUT2D eigenvalue weighted by molar-refractivity contribution is 6.23. The zero-order valence-corrected chi connectivity index (χ0v) is 19.4. The predicted octanol–water partition coefficient (Wildman–Crippen LogP) is 2.19. The number of hydrogen-bond acceptors (Lipinski definition) is 9. The number of benzene rings is 2. The fraction of sp³-hybridized carbons (Fsp3) is 0. The number of carboxylic acid groups (broad SMARTS) is 6. The molecule has 15 heteroatoms. The third-order valence-corrected chi connectivity index (χ3v) is 5.41. The van der Waals surface area contributed by atoms with Gasteiger partial charge in [0.25, 0.3) is 0 Å². The van der Waals surface area contributed by atoms with Crippen molar-refractivity contribution in [2.45, 2.75) is 0 Å². The van der Waals surface area contributed by atoms with E-state index in [4.69, 9.17) is 5.11 Å². The van der Waals surface area contributed by atoms with Crippen LogP contribution in [0.1, 0.15) is 52.6 Å². The van der Waals surface area contributed by atoms with Crippen molar-refractivity contribution in [1.82, 2.24) is 0 Å². The lowest BCUT2D eigenvalue weighted by Crippen LogP contribution is -2.20. The van der Waals surface area contributed by atoms with Crippen LogP contribution >= 0.6 is 0 Å². The van der Waals surface area contributed by atoms with E-state index >= 15 is 0 Å². The summed E-state index contributed by atoms with van der Waals surface area (Å²) >= 11 is 0. The largest absolute Gasteiger partial charge is 0.511 e. The number of rotatable bonds is 8. The number of carbonyl (C=O) groups is 7. The predicted molar refractivity (Wildman–Crippen MR) is 127 cm³/mol. The summed E-state index contributed by atoms with van der Waals surface area (Å²) in [5, 5.41) is 67.4. The van der Waals surface area contributed by atoms with E-state index in [-0.39, 0.29) is 11.1 Å². The summed E-state index contributed by atoms with van der Waals surface area (Å²) in [7, 11) is 0. The lowest BCUT2D eigenvalue weighted by molar-refractivity contribution is -0.134. The van der Waals surface area contributed by atoms with Gasteiger partial charge in [-0.05, 0) is 52.6 Å². The smallest absolute Gasteiger partial charge is 0.507 e. The van der Waals surface area contributed by atoms with Gasteiger partial charge < -0.3 is 40.5 Å². The van der Waals surface area contributed by atoms with Crippen molar-refractivity contribution in [3.05, 3.63) is 87.0 Å². The summed E-state index contributed by atoms with van der Waals surface area (Å²) in [6.45, 7) is 0. The maximum atomic E-state index is 12.4. The van der Waals surface area contributed by atoms with Gasteiger partial charge in [-0.15, -0.1) is 0 Å². The number of carbonyl (C=O) groups excluding carboxylic acids is 1. The van der Waals surface area contributed by atoms with Gasteiger partial charge in [-0.1, -0.05) is 12.1 Å². The van der Waals surface area contributed by atoms with Crippen LogP contribution in [0.4, 0.5) is 4.79 Å². The molecule has 0 bridgehead atoms. The second-order valence-electron chi connectivity index (χ2n) is 7.76. The van der Waals surface area contributed by atoms with E-state index in [0.29, 0.717) is 6.07 Å². The van der Waals surface area contributed by atoms with E-state index < -0.39 is 92.2 Å². The molecule has 0 atom stereocenters. The molecule has 40 heavy (non-hydrogen) atoms. The van der Waals surface area contributed by atoms with Gasteiger partial charge in [0.05, 0.1) is 5.56 Å². The Bertz CT molecular complexity index is 1650. The molecule has 0 saturated heterocycles. The lowest BCUT2D eigenvalue weighted by Gasteiger charge is -2.20. The lowest BCUT2D eigenvalue weighted by atomic mass is 9.83. The Hall–Kier alpha value is -6.25. The summed E-state index contributed by atoms with van der Waals surface area (Å²) in [6, 6.07) is 3.21. The summed E-state index contributed by atoms with van der Waals surface area (Å²) < 4.78 is 4.32. The summed E-state index contributed by atoms with van der Waals surface area (Å²) in [4.78, 5) is 83.1. The fourth-order valence-electron chi connectivity index (χ4n) is 3.83. The van der Waals surface area contributed by atoms with Crippen LogP contribution in [0.15, 0.2) is 53.6 Å². The normalized spacial score (nSPS) is 13.7. The van der Waals surface area contributed by atoms with Gasteiger partial charge in [0, 0.05) is 0 Å². The molecule has 0 spiro atoms. The van der Waals surface area contributed by atoms with E-state index in [1.165, 1.54) is 0 Å². The first-order valence-electron chi connectivity index (χ1n) is 10.5.